The number of hydrogen-bond acceptors (Lipinski definition) is 5. The molecule has 0 aliphatic carbocycles. The van der Waals surface area contributed by atoms with Gasteiger partial charge in [-0.2, -0.15) is 5.26 Å². The van der Waals surface area contributed by atoms with Crippen molar-refractivity contribution < 1.29 is 14.3 Å². The van der Waals surface area contributed by atoms with Crippen molar-refractivity contribution in [2.75, 3.05) is 13.2 Å². The molecule has 1 aliphatic rings. The molecule has 1 atom stereocenters. The topological polar surface area (TPSA) is 83.2 Å². The average Bonchev–Trinajstić information content (AvgIpc) is 2.26. The van der Waals surface area contributed by atoms with Gasteiger partial charge in [0, 0.05) is 5.71 Å². The average molecular weight is 238 g/mol. The zero-order valence-electron chi connectivity index (χ0n) is 10.2. The first-order valence-electron chi connectivity index (χ1n) is 5.90. The summed E-state index contributed by atoms with van der Waals surface area (Å²) in [5.41, 5.74) is 0.169. The second kappa shape index (κ2) is 6.36. The molecule has 17 heavy (non-hydrogen) atoms. The van der Waals surface area contributed by atoms with Crippen LogP contribution in [0.15, 0.2) is 0 Å². The molecule has 1 heterocycles. The van der Waals surface area contributed by atoms with Crippen molar-refractivity contribution >= 4 is 11.7 Å². The lowest BCUT2D eigenvalue weighted by Crippen LogP contribution is -2.41. The zero-order valence-corrected chi connectivity index (χ0v) is 10.2. The van der Waals surface area contributed by atoms with Gasteiger partial charge in [-0.05, 0) is 18.8 Å². The standard InChI is InChI=1S/C12H18N2O3/c1-3-8(4-2)11(14)10(5-13)12(15)17-9-6-16-7-9/h8-10,14H,3-4,6-7H2,1-2H3. The third-order valence-electron chi connectivity index (χ3n) is 2.99. The molecule has 0 radical (unpaired) electrons. The Morgan fingerprint density at radius 3 is 2.47 bits per heavy atom. The fourth-order valence-electron chi connectivity index (χ4n) is 1.73. The second-order valence-corrected chi connectivity index (χ2v) is 4.13. The molecule has 0 bridgehead atoms. The van der Waals surface area contributed by atoms with Crippen LogP contribution in [0.1, 0.15) is 26.7 Å². The first-order chi connectivity index (χ1) is 8.13. The largest absolute Gasteiger partial charge is 0.456 e. The monoisotopic (exact) mass is 238 g/mol. The van der Waals surface area contributed by atoms with Gasteiger partial charge < -0.3 is 14.9 Å². The van der Waals surface area contributed by atoms with Gasteiger partial charge in [-0.25, -0.2) is 0 Å². The normalized spacial score (nSPS) is 17.1. The van der Waals surface area contributed by atoms with Crippen molar-refractivity contribution in [3.05, 3.63) is 0 Å². The third-order valence-corrected chi connectivity index (χ3v) is 2.99. The summed E-state index contributed by atoms with van der Waals surface area (Å²) in [5, 5.41) is 16.9. The summed E-state index contributed by atoms with van der Waals surface area (Å²) in [5.74, 6) is -1.71. The van der Waals surface area contributed by atoms with E-state index in [9.17, 15) is 4.79 Å². The minimum absolute atomic E-state index is 0.0233. The quantitative estimate of drug-likeness (QED) is 0.561. The first kappa shape index (κ1) is 13.7. The van der Waals surface area contributed by atoms with Gasteiger partial charge in [0.1, 0.15) is 6.10 Å². The van der Waals surface area contributed by atoms with E-state index in [4.69, 9.17) is 20.1 Å². The van der Waals surface area contributed by atoms with Gasteiger partial charge in [-0.15, -0.1) is 0 Å². The van der Waals surface area contributed by atoms with Crippen LogP contribution in [-0.2, 0) is 14.3 Å². The van der Waals surface area contributed by atoms with Gasteiger partial charge in [0.05, 0.1) is 19.3 Å². The van der Waals surface area contributed by atoms with E-state index in [0.29, 0.717) is 13.2 Å². The van der Waals surface area contributed by atoms with Gasteiger partial charge in [-0.3, -0.25) is 4.79 Å². The lowest BCUT2D eigenvalue weighted by atomic mass is 9.89. The first-order valence-corrected chi connectivity index (χ1v) is 5.90. The maximum atomic E-state index is 11.7. The smallest absolute Gasteiger partial charge is 0.329 e. The van der Waals surface area contributed by atoms with E-state index in [1.54, 1.807) is 0 Å². The van der Waals surface area contributed by atoms with E-state index in [-0.39, 0.29) is 17.7 Å². The van der Waals surface area contributed by atoms with Crippen LogP contribution in [0.2, 0.25) is 0 Å². The Hall–Kier alpha value is -1.41. The SMILES string of the molecule is CCC(CC)C(=N)C(C#N)C(=O)OC1COC1. The molecular formula is C12H18N2O3. The highest BCUT2D eigenvalue weighted by atomic mass is 16.6. The van der Waals surface area contributed by atoms with Crippen molar-refractivity contribution in [3.8, 4) is 6.07 Å². The summed E-state index contributed by atoms with van der Waals surface area (Å²) in [6.07, 6.45) is 1.27. The lowest BCUT2D eigenvalue weighted by Gasteiger charge is -2.27. The summed E-state index contributed by atoms with van der Waals surface area (Å²) in [4.78, 5) is 11.7. The van der Waals surface area contributed by atoms with Crippen LogP contribution in [0.3, 0.4) is 0 Å². The number of nitrogens with one attached hydrogen (secondary N) is 1. The number of nitriles is 1. The number of hydrogen-bond donors (Lipinski definition) is 1. The van der Waals surface area contributed by atoms with Crippen molar-refractivity contribution in [3.63, 3.8) is 0 Å². The predicted octanol–water partition coefficient (Wildman–Crippen LogP) is 1.52. The molecule has 1 unspecified atom stereocenters. The Morgan fingerprint density at radius 1 is 1.53 bits per heavy atom. The molecule has 0 aromatic heterocycles. The van der Waals surface area contributed by atoms with Crippen molar-refractivity contribution in [1.29, 1.82) is 10.7 Å². The zero-order chi connectivity index (χ0) is 12.8. The maximum Gasteiger partial charge on any atom is 0.329 e. The van der Waals surface area contributed by atoms with E-state index in [0.717, 1.165) is 12.8 Å². The molecule has 1 saturated heterocycles. The van der Waals surface area contributed by atoms with Gasteiger partial charge in [0.2, 0.25) is 0 Å². The van der Waals surface area contributed by atoms with E-state index in [2.05, 4.69) is 0 Å². The highest BCUT2D eigenvalue weighted by Gasteiger charge is 2.32. The van der Waals surface area contributed by atoms with E-state index >= 15 is 0 Å². The third kappa shape index (κ3) is 3.27. The molecule has 1 fully saturated rings. The molecule has 5 heteroatoms. The van der Waals surface area contributed by atoms with E-state index < -0.39 is 11.9 Å². The summed E-state index contributed by atoms with van der Waals surface area (Å²) in [7, 11) is 0. The molecule has 0 aromatic carbocycles. The van der Waals surface area contributed by atoms with Gasteiger partial charge in [-0.1, -0.05) is 13.8 Å². The van der Waals surface area contributed by atoms with Crippen LogP contribution in [-0.4, -0.2) is 31.0 Å². The Kier molecular flexibility index (Phi) is 5.11. The van der Waals surface area contributed by atoms with Crippen LogP contribution >= 0.6 is 0 Å². The maximum absolute atomic E-state index is 11.7. The molecule has 1 aliphatic heterocycles. The fraction of sp³-hybridized carbons (Fsp3) is 0.750. The van der Waals surface area contributed by atoms with Gasteiger partial charge in [0.15, 0.2) is 5.92 Å². The van der Waals surface area contributed by atoms with Crippen LogP contribution in [0.5, 0.6) is 0 Å². The molecular weight excluding hydrogens is 220 g/mol. The number of ether oxygens (including phenoxy) is 2. The molecule has 0 spiro atoms. The van der Waals surface area contributed by atoms with Crippen LogP contribution < -0.4 is 0 Å². The second-order valence-electron chi connectivity index (χ2n) is 4.13. The summed E-state index contributed by atoms with van der Waals surface area (Å²) >= 11 is 0. The number of carbonyl (C=O) groups is 1. The molecule has 1 N–H and O–H groups in total. The molecule has 0 aromatic rings. The fourth-order valence-corrected chi connectivity index (χ4v) is 1.73. The summed E-state index contributed by atoms with van der Waals surface area (Å²) < 4.78 is 9.96. The summed E-state index contributed by atoms with van der Waals surface area (Å²) in [6, 6.07) is 1.86. The molecule has 94 valence electrons. The summed E-state index contributed by atoms with van der Waals surface area (Å²) in [6.45, 7) is 4.68. The van der Waals surface area contributed by atoms with Gasteiger partial charge in [0.25, 0.3) is 0 Å². The molecule has 0 saturated carbocycles. The number of carbonyl (C=O) groups excluding carboxylic acids is 1. The molecule has 5 nitrogen and oxygen atoms in total. The van der Waals surface area contributed by atoms with Crippen molar-refractivity contribution in [2.24, 2.45) is 11.8 Å². The Balaban J connectivity index is 2.59. The Labute approximate surface area is 101 Å². The number of nitrogens with zero attached hydrogens (tertiary/aromatic N) is 1. The van der Waals surface area contributed by atoms with E-state index in [1.807, 2.05) is 19.9 Å². The minimum Gasteiger partial charge on any atom is -0.456 e. The minimum atomic E-state index is -1.07. The Bertz CT molecular complexity index is 327. The predicted molar refractivity (Wildman–Crippen MR) is 61.6 cm³/mol. The van der Waals surface area contributed by atoms with Crippen molar-refractivity contribution in [1.82, 2.24) is 0 Å². The van der Waals surface area contributed by atoms with Crippen LogP contribution in [0.25, 0.3) is 0 Å². The number of rotatable bonds is 6. The molecule has 0 amide bonds. The Morgan fingerprint density at radius 2 is 2.12 bits per heavy atom. The highest BCUT2D eigenvalue weighted by Crippen LogP contribution is 2.18. The molecule has 1 rings (SSSR count). The van der Waals surface area contributed by atoms with Crippen LogP contribution in [0.4, 0.5) is 0 Å². The van der Waals surface area contributed by atoms with Gasteiger partial charge >= 0.3 is 5.97 Å². The van der Waals surface area contributed by atoms with Crippen LogP contribution in [0, 0.1) is 28.6 Å². The van der Waals surface area contributed by atoms with Crippen molar-refractivity contribution in [2.45, 2.75) is 32.8 Å². The number of esters is 1. The van der Waals surface area contributed by atoms with E-state index in [1.165, 1.54) is 0 Å². The highest BCUT2D eigenvalue weighted by molar-refractivity contribution is 6.04. The lowest BCUT2D eigenvalue weighted by molar-refractivity contribution is -0.173.